The summed E-state index contributed by atoms with van der Waals surface area (Å²) in [7, 11) is 5.90. The minimum atomic E-state index is -0.429. The number of hydrogen-bond acceptors (Lipinski definition) is 6. The van der Waals surface area contributed by atoms with Crippen LogP contribution in [0, 0.1) is 0 Å². The zero-order valence-corrected chi connectivity index (χ0v) is 20.7. The van der Waals surface area contributed by atoms with Crippen LogP contribution in [0.1, 0.15) is 11.1 Å². The molecule has 0 fully saturated rings. The Hall–Kier alpha value is -4.58. The molecule has 2 aromatic rings. The topological polar surface area (TPSA) is 71.1 Å². The Morgan fingerprint density at radius 3 is 1.11 bits per heavy atom. The van der Waals surface area contributed by atoms with E-state index in [0.717, 1.165) is 22.6 Å². The van der Waals surface area contributed by atoms with Crippen molar-refractivity contribution >= 4 is 23.7 Å². The summed E-state index contributed by atoms with van der Waals surface area (Å²) in [4.78, 5) is 26.2. The largest absolute Gasteiger partial charge is 0.497 e. The summed E-state index contributed by atoms with van der Waals surface area (Å²) >= 11 is 0. The summed E-state index contributed by atoms with van der Waals surface area (Å²) in [6, 6.07) is 15.1. The lowest BCUT2D eigenvalue weighted by Gasteiger charge is -2.18. The van der Waals surface area contributed by atoms with Gasteiger partial charge in [0.1, 0.15) is 11.5 Å². The second-order valence-electron chi connectivity index (χ2n) is 7.53. The Labute approximate surface area is 211 Å². The first kappa shape index (κ1) is 26.0. The van der Waals surface area contributed by atoms with Crippen LogP contribution in [0.15, 0.2) is 108 Å². The van der Waals surface area contributed by atoms with Crippen molar-refractivity contribution in [3.05, 3.63) is 119 Å². The molecule has 6 heteroatoms. The van der Waals surface area contributed by atoms with Crippen LogP contribution < -0.4 is 9.47 Å². The van der Waals surface area contributed by atoms with Crippen molar-refractivity contribution < 1.29 is 28.5 Å². The molecule has 0 spiro atoms. The highest BCUT2D eigenvalue weighted by Crippen LogP contribution is 2.28. The molecule has 2 aromatic carbocycles. The highest BCUT2D eigenvalue weighted by atomic mass is 16.5. The van der Waals surface area contributed by atoms with E-state index in [-0.39, 0.29) is 22.7 Å². The predicted molar refractivity (Wildman–Crippen MR) is 140 cm³/mol. The quantitative estimate of drug-likeness (QED) is 0.328. The first-order valence-electron chi connectivity index (χ1n) is 11.2. The van der Waals surface area contributed by atoms with Crippen molar-refractivity contribution in [3.63, 3.8) is 0 Å². The van der Waals surface area contributed by atoms with Gasteiger partial charge in [-0.3, -0.25) is 9.59 Å². The number of benzene rings is 2. The van der Waals surface area contributed by atoms with E-state index in [0.29, 0.717) is 0 Å². The third kappa shape index (κ3) is 6.30. The molecule has 0 radical (unpaired) electrons. The predicted octanol–water partition coefficient (Wildman–Crippen LogP) is 5.50. The molecule has 0 aromatic heterocycles. The smallest absolute Gasteiger partial charge is 0.232 e. The van der Waals surface area contributed by atoms with Gasteiger partial charge < -0.3 is 18.9 Å². The van der Waals surface area contributed by atoms with Crippen LogP contribution >= 0.6 is 0 Å². The van der Waals surface area contributed by atoms with Crippen LogP contribution in [-0.4, -0.2) is 40.0 Å². The molecule has 1 aliphatic carbocycles. The van der Waals surface area contributed by atoms with E-state index in [9.17, 15) is 9.59 Å². The fourth-order valence-electron chi connectivity index (χ4n) is 3.46. The van der Waals surface area contributed by atoms with Gasteiger partial charge in [0.05, 0.1) is 28.4 Å². The summed E-state index contributed by atoms with van der Waals surface area (Å²) < 4.78 is 20.7. The van der Waals surface area contributed by atoms with Gasteiger partial charge >= 0.3 is 0 Å². The van der Waals surface area contributed by atoms with Crippen LogP contribution in [0.25, 0.3) is 12.2 Å². The molecule has 36 heavy (non-hydrogen) atoms. The Morgan fingerprint density at radius 2 is 0.806 bits per heavy atom. The maximum atomic E-state index is 13.1. The molecule has 184 valence electrons. The minimum absolute atomic E-state index is 0.118. The number of ether oxygens (including phenoxy) is 4. The number of carbonyl (C=O) groups excluding carboxylic acids is 2. The Bertz CT molecular complexity index is 1170. The molecule has 0 aliphatic heterocycles. The van der Waals surface area contributed by atoms with Gasteiger partial charge in [0.2, 0.25) is 23.1 Å². The summed E-state index contributed by atoms with van der Waals surface area (Å²) in [6.45, 7) is 0. The fourth-order valence-corrected chi connectivity index (χ4v) is 3.46. The fraction of sp³-hybridized carbons (Fsp3) is 0.133. The normalized spacial score (nSPS) is 14.7. The van der Waals surface area contributed by atoms with Crippen LogP contribution in [0.3, 0.4) is 0 Å². The number of rotatable bonds is 10. The van der Waals surface area contributed by atoms with Crippen LogP contribution in [0.5, 0.6) is 11.5 Å². The zero-order valence-electron chi connectivity index (χ0n) is 20.7. The van der Waals surface area contributed by atoms with Crippen molar-refractivity contribution in [2.75, 3.05) is 28.4 Å². The van der Waals surface area contributed by atoms with E-state index in [1.165, 1.54) is 14.2 Å². The molecule has 6 nitrogen and oxygen atoms in total. The number of allylic oxidation sites excluding steroid dienone is 8. The lowest BCUT2D eigenvalue weighted by Crippen LogP contribution is -2.24. The Kier molecular flexibility index (Phi) is 9.23. The molecule has 3 rings (SSSR count). The van der Waals surface area contributed by atoms with Gasteiger partial charge in [0.15, 0.2) is 0 Å². The van der Waals surface area contributed by atoms with Crippen molar-refractivity contribution in [2.24, 2.45) is 0 Å². The number of hydrogen-bond donors (Lipinski definition) is 0. The van der Waals surface area contributed by atoms with Gasteiger partial charge in [-0.15, -0.1) is 0 Å². The van der Waals surface area contributed by atoms with Crippen LogP contribution in [-0.2, 0) is 19.1 Å². The first-order chi connectivity index (χ1) is 17.5. The summed E-state index contributed by atoms with van der Waals surface area (Å²) in [5.41, 5.74) is 2.35. The van der Waals surface area contributed by atoms with E-state index < -0.39 is 11.6 Å². The van der Waals surface area contributed by atoms with E-state index >= 15 is 0 Å². The average molecular weight is 485 g/mol. The van der Waals surface area contributed by atoms with Gasteiger partial charge in [0, 0.05) is 11.1 Å². The molecule has 0 unspecified atom stereocenters. The molecule has 1 aliphatic rings. The maximum Gasteiger partial charge on any atom is 0.232 e. The Balaban J connectivity index is 1.87. The SMILES string of the molecule is COC1=C(OC)C(=O)C(C=CC=Cc2ccc(OC)cc2)=C(C=CC=Cc2ccc(OC)cc2)C1=O. The third-order valence-electron chi connectivity index (χ3n) is 5.36. The van der Waals surface area contributed by atoms with E-state index in [1.807, 2.05) is 60.7 Å². The van der Waals surface area contributed by atoms with E-state index in [4.69, 9.17) is 18.9 Å². The van der Waals surface area contributed by atoms with Crippen LogP contribution in [0.4, 0.5) is 0 Å². The molecule has 0 bridgehead atoms. The first-order valence-corrected chi connectivity index (χ1v) is 11.2. The number of carbonyl (C=O) groups is 2. The van der Waals surface area contributed by atoms with E-state index in [2.05, 4.69) is 0 Å². The number of Topliss-reactive ketones (excluding diaryl/α,β-unsaturated/α-hetero) is 2. The van der Waals surface area contributed by atoms with Crippen LogP contribution in [0.2, 0.25) is 0 Å². The molecule has 0 amide bonds. The maximum absolute atomic E-state index is 13.1. The summed E-state index contributed by atoms with van der Waals surface area (Å²) in [5, 5.41) is 0. The Morgan fingerprint density at radius 1 is 0.472 bits per heavy atom. The summed E-state index contributed by atoms with van der Waals surface area (Å²) in [5.74, 6) is 0.442. The molecule has 0 saturated heterocycles. The molecule has 0 N–H and O–H groups in total. The van der Waals surface area contributed by atoms with Crippen molar-refractivity contribution in [2.45, 2.75) is 0 Å². The monoisotopic (exact) mass is 484 g/mol. The number of ketones is 2. The van der Waals surface area contributed by atoms with Gasteiger partial charge in [-0.2, -0.15) is 0 Å². The zero-order chi connectivity index (χ0) is 25.9. The van der Waals surface area contributed by atoms with Gasteiger partial charge in [-0.25, -0.2) is 0 Å². The molecule has 0 heterocycles. The van der Waals surface area contributed by atoms with Crippen molar-refractivity contribution in [3.8, 4) is 11.5 Å². The molecule has 0 saturated carbocycles. The van der Waals surface area contributed by atoms with Gasteiger partial charge in [-0.1, -0.05) is 72.9 Å². The standard InChI is InChI=1S/C30H28O6/c1-33-23-17-13-21(14-18-23)9-5-7-11-25-26(28(32)30(36-4)29(35-3)27(25)31)12-8-6-10-22-15-19-24(34-2)20-16-22/h5-20H,1-4H3. The molecular weight excluding hydrogens is 456 g/mol. The molecule has 0 atom stereocenters. The summed E-state index contributed by atoms with van der Waals surface area (Å²) in [6.07, 6.45) is 13.9. The highest BCUT2D eigenvalue weighted by molar-refractivity contribution is 6.25. The van der Waals surface area contributed by atoms with E-state index in [1.54, 1.807) is 50.7 Å². The second kappa shape index (κ2) is 12.8. The second-order valence-corrected chi connectivity index (χ2v) is 7.53. The van der Waals surface area contributed by atoms with Crippen molar-refractivity contribution in [1.82, 2.24) is 0 Å². The lowest BCUT2D eigenvalue weighted by atomic mass is 9.91. The minimum Gasteiger partial charge on any atom is -0.497 e. The average Bonchev–Trinajstić information content (AvgIpc) is 2.91. The van der Waals surface area contributed by atoms with Gasteiger partial charge in [0.25, 0.3) is 0 Å². The number of methoxy groups -OCH3 is 4. The highest BCUT2D eigenvalue weighted by Gasteiger charge is 2.34. The van der Waals surface area contributed by atoms with Gasteiger partial charge in [-0.05, 0) is 35.4 Å². The lowest BCUT2D eigenvalue weighted by molar-refractivity contribution is -0.120. The molecular formula is C30H28O6. The third-order valence-corrected chi connectivity index (χ3v) is 5.36. The van der Waals surface area contributed by atoms with Crippen molar-refractivity contribution in [1.29, 1.82) is 0 Å².